The van der Waals surface area contributed by atoms with Gasteiger partial charge in [0.1, 0.15) is 5.82 Å². The van der Waals surface area contributed by atoms with Crippen LogP contribution in [0.3, 0.4) is 0 Å². The Bertz CT molecular complexity index is 1040. The highest BCUT2D eigenvalue weighted by atomic mass is 32.2. The van der Waals surface area contributed by atoms with Crippen molar-refractivity contribution < 1.29 is 14.0 Å². The number of nitrogens with two attached hydrogens (primary N) is 1. The molecule has 3 rings (SSSR count). The minimum absolute atomic E-state index is 0.141. The number of carbonyl (C=O) groups is 2. The molecule has 3 aromatic rings. The number of halogens is 1. The fourth-order valence-electron chi connectivity index (χ4n) is 2.53. The van der Waals surface area contributed by atoms with Crippen LogP contribution in [0.1, 0.15) is 24.2 Å². The van der Waals surface area contributed by atoms with Gasteiger partial charge in [-0.2, -0.15) is 0 Å². The predicted molar refractivity (Wildman–Crippen MR) is 106 cm³/mol. The third-order valence-electron chi connectivity index (χ3n) is 3.96. The number of nitrogen functional groups attached to an aromatic ring is 1. The van der Waals surface area contributed by atoms with Crippen LogP contribution in [0.5, 0.6) is 0 Å². The second-order valence-corrected chi connectivity index (χ2v) is 7.35. The third-order valence-corrected chi connectivity index (χ3v) is 5.02. The summed E-state index contributed by atoms with van der Waals surface area (Å²) in [6.45, 7) is 3.13. The smallest absolute Gasteiger partial charge is 0.237 e. The standard InChI is InChI=1S/C19H18FN5O2S/c1-11(26)15-8-3-4-9-16(15)22-18(27)12(2)28-19-24-23-17(25(19)21)13-6-5-7-14(20)10-13/h3-10,12H,21H2,1-2H3,(H,22,27)/t12-/m0/s1. The topological polar surface area (TPSA) is 103 Å². The fourth-order valence-corrected chi connectivity index (χ4v) is 3.30. The maximum Gasteiger partial charge on any atom is 0.237 e. The Morgan fingerprint density at radius 1 is 1.18 bits per heavy atom. The second-order valence-electron chi connectivity index (χ2n) is 6.04. The summed E-state index contributed by atoms with van der Waals surface area (Å²) in [7, 11) is 0. The zero-order chi connectivity index (χ0) is 20.3. The average molecular weight is 399 g/mol. The van der Waals surface area contributed by atoms with Gasteiger partial charge in [0.2, 0.25) is 11.1 Å². The Hall–Kier alpha value is -3.20. The number of ketones is 1. The van der Waals surface area contributed by atoms with E-state index in [1.807, 2.05) is 0 Å². The lowest BCUT2D eigenvalue weighted by molar-refractivity contribution is -0.115. The Morgan fingerprint density at radius 2 is 1.93 bits per heavy atom. The molecular formula is C19H18FN5O2S. The summed E-state index contributed by atoms with van der Waals surface area (Å²) in [6, 6.07) is 12.6. The van der Waals surface area contributed by atoms with Gasteiger partial charge in [0.15, 0.2) is 11.6 Å². The van der Waals surface area contributed by atoms with Crippen molar-refractivity contribution in [1.29, 1.82) is 0 Å². The van der Waals surface area contributed by atoms with Gasteiger partial charge in [-0.15, -0.1) is 10.2 Å². The van der Waals surface area contributed by atoms with Crippen LogP contribution in [-0.2, 0) is 4.79 Å². The van der Waals surface area contributed by atoms with E-state index in [1.54, 1.807) is 43.3 Å². The molecule has 3 N–H and O–H groups in total. The van der Waals surface area contributed by atoms with E-state index in [2.05, 4.69) is 15.5 Å². The van der Waals surface area contributed by atoms with Crippen molar-refractivity contribution in [2.75, 3.05) is 11.2 Å². The first-order valence-corrected chi connectivity index (χ1v) is 9.28. The molecule has 0 fully saturated rings. The minimum Gasteiger partial charge on any atom is -0.335 e. The van der Waals surface area contributed by atoms with Crippen molar-refractivity contribution in [3.8, 4) is 11.4 Å². The molecule has 0 saturated heterocycles. The van der Waals surface area contributed by atoms with Gasteiger partial charge in [-0.3, -0.25) is 9.59 Å². The Labute approximate surface area is 165 Å². The molecule has 2 aromatic carbocycles. The number of nitrogens with one attached hydrogen (secondary N) is 1. The normalized spacial score (nSPS) is 11.8. The van der Waals surface area contributed by atoms with Crippen LogP contribution in [0, 0.1) is 5.82 Å². The van der Waals surface area contributed by atoms with Crippen molar-refractivity contribution >= 4 is 29.1 Å². The molecule has 0 radical (unpaired) electrons. The van der Waals surface area contributed by atoms with Gasteiger partial charge in [-0.1, -0.05) is 36.0 Å². The molecule has 0 aliphatic heterocycles. The van der Waals surface area contributed by atoms with Crippen molar-refractivity contribution in [3.05, 3.63) is 59.9 Å². The quantitative estimate of drug-likeness (QED) is 0.375. The summed E-state index contributed by atoms with van der Waals surface area (Å²) in [5.41, 5.74) is 1.36. The maximum atomic E-state index is 13.4. The highest BCUT2D eigenvalue weighted by Gasteiger charge is 2.21. The number of amides is 1. The summed E-state index contributed by atoms with van der Waals surface area (Å²) in [4.78, 5) is 24.2. The number of hydrogen-bond acceptors (Lipinski definition) is 6. The number of anilines is 1. The van der Waals surface area contributed by atoms with E-state index in [0.29, 0.717) is 22.0 Å². The van der Waals surface area contributed by atoms with Crippen molar-refractivity contribution in [2.45, 2.75) is 24.3 Å². The highest BCUT2D eigenvalue weighted by Crippen LogP contribution is 2.26. The van der Waals surface area contributed by atoms with E-state index < -0.39 is 11.1 Å². The summed E-state index contributed by atoms with van der Waals surface area (Å²) in [5.74, 6) is 5.45. The lowest BCUT2D eigenvalue weighted by Crippen LogP contribution is -2.24. The van der Waals surface area contributed by atoms with Crippen LogP contribution in [0.2, 0.25) is 0 Å². The third kappa shape index (κ3) is 4.20. The van der Waals surface area contributed by atoms with Crippen LogP contribution in [0.4, 0.5) is 10.1 Å². The molecule has 0 aliphatic carbocycles. The van der Waals surface area contributed by atoms with Gasteiger partial charge in [0.05, 0.1) is 10.9 Å². The van der Waals surface area contributed by atoms with Crippen LogP contribution in [0.25, 0.3) is 11.4 Å². The molecule has 0 aliphatic rings. The molecular weight excluding hydrogens is 381 g/mol. The first-order chi connectivity index (χ1) is 13.4. The number of Topliss-reactive ketones (excluding diaryl/α,β-unsaturated/α-hetero) is 1. The molecule has 1 aromatic heterocycles. The monoisotopic (exact) mass is 399 g/mol. The molecule has 0 unspecified atom stereocenters. The molecule has 28 heavy (non-hydrogen) atoms. The summed E-state index contributed by atoms with van der Waals surface area (Å²) in [5, 5.41) is 10.5. The number of rotatable bonds is 6. The van der Waals surface area contributed by atoms with Gasteiger partial charge in [-0.05, 0) is 38.1 Å². The molecule has 144 valence electrons. The summed E-state index contributed by atoms with van der Waals surface area (Å²) in [6.07, 6.45) is 0. The number of thioether (sulfide) groups is 1. The van der Waals surface area contributed by atoms with Crippen molar-refractivity contribution in [2.24, 2.45) is 0 Å². The highest BCUT2D eigenvalue weighted by molar-refractivity contribution is 8.00. The predicted octanol–water partition coefficient (Wildman–Crippen LogP) is 3.12. The van der Waals surface area contributed by atoms with Gasteiger partial charge in [0.25, 0.3) is 0 Å². The number of carbonyl (C=O) groups excluding carboxylic acids is 2. The van der Waals surface area contributed by atoms with Gasteiger partial charge < -0.3 is 11.2 Å². The number of para-hydroxylation sites is 1. The number of benzene rings is 2. The van der Waals surface area contributed by atoms with Crippen LogP contribution >= 0.6 is 11.8 Å². The zero-order valence-electron chi connectivity index (χ0n) is 15.2. The van der Waals surface area contributed by atoms with Gasteiger partial charge >= 0.3 is 0 Å². The second kappa shape index (κ2) is 8.22. The van der Waals surface area contributed by atoms with E-state index >= 15 is 0 Å². The number of hydrogen-bond donors (Lipinski definition) is 2. The average Bonchev–Trinajstić information content (AvgIpc) is 3.02. The number of nitrogens with zero attached hydrogens (tertiary/aromatic N) is 3. The molecule has 7 nitrogen and oxygen atoms in total. The Morgan fingerprint density at radius 3 is 2.64 bits per heavy atom. The molecule has 1 heterocycles. The lowest BCUT2D eigenvalue weighted by Gasteiger charge is -2.13. The lowest BCUT2D eigenvalue weighted by atomic mass is 10.1. The Balaban J connectivity index is 1.74. The van der Waals surface area contributed by atoms with Crippen LogP contribution in [-0.4, -0.2) is 31.8 Å². The van der Waals surface area contributed by atoms with E-state index in [-0.39, 0.29) is 17.5 Å². The number of aromatic nitrogens is 3. The van der Waals surface area contributed by atoms with Crippen LogP contribution < -0.4 is 11.2 Å². The summed E-state index contributed by atoms with van der Waals surface area (Å²) < 4.78 is 14.6. The molecule has 9 heteroatoms. The van der Waals surface area contributed by atoms with E-state index in [0.717, 1.165) is 11.8 Å². The largest absolute Gasteiger partial charge is 0.335 e. The molecule has 1 atom stereocenters. The van der Waals surface area contributed by atoms with Crippen molar-refractivity contribution in [3.63, 3.8) is 0 Å². The van der Waals surface area contributed by atoms with Crippen LogP contribution in [0.15, 0.2) is 53.7 Å². The van der Waals surface area contributed by atoms with E-state index in [4.69, 9.17) is 5.84 Å². The molecule has 0 bridgehead atoms. The van der Waals surface area contributed by atoms with Gasteiger partial charge in [0, 0.05) is 11.1 Å². The molecule has 0 saturated carbocycles. The summed E-state index contributed by atoms with van der Waals surface area (Å²) >= 11 is 1.11. The zero-order valence-corrected chi connectivity index (χ0v) is 16.0. The first kappa shape index (κ1) is 19.6. The van der Waals surface area contributed by atoms with Crippen molar-refractivity contribution in [1.82, 2.24) is 14.9 Å². The Kier molecular flexibility index (Phi) is 5.74. The van der Waals surface area contributed by atoms with E-state index in [9.17, 15) is 14.0 Å². The fraction of sp³-hybridized carbons (Fsp3) is 0.158. The van der Waals surface area contributed by atoms with E-state index in [1.165, 1.54) is 23.7 Å². The minimum atomic E-state index is -0.563. The first-order valence-electron chi connectivity index (χ1n) is 8.40. The molecule has 0 spiro atoms. The SMILES string of the molecule is CC(=O)c1ccccc1NC(=O)[C@H](C)Sc1nnc(-c2cccc(F)c2)n1N. The molecule has 1 amide bonds. The maximum absolute atomic E-state index is 13.4. The van der Waals surface area contributed by atoms with Gasteiger partial charge in [-0.25, -0.2) is 9.07 Å².